The number of rotatable bonds is 6. The molecule has 2 N–H and O–H groups in total. The molecule has 1 aliphatic rings. The number of aromatic nitrogens is 3. The van der Waals surface area contributed by atoms with Crippen LogP contribution in [0, 0.1) is 5.82 Å². The number of benzene rings is 2. The van der Waals surface area contributed by atoms with E-state index >= 15 is 0 Å². The molecule has 0 aliphatic carbocycles. The molecule has 0 radical (unpaired) electrons. The number of anilines is 1. The first kappa shape index (κ1) is 21.9. The van der Waals surface area contributed by atoms with Gasteiger partial charge < -0.3 is 9.64 Å². The lowest BCUT2D eigenvalue weighted by atomic mass is 10.2. The summed E-state index contributed by atoms with van der Waals surface area (Å²) in [6.07, 6.45) is 0.0900. The Morgan fingerprint density at radius 3 is 2.75 bits per heavy atom. The van der Waals surface area contributed by atoms with Crippen LogP contribution in [0.4, 0.5) is 10.1 Å². The molecule has 0 bridgehead atoms. The van der Waals surface area contributed by atoms with Crippen LogP contribution in [0.3, 0.4) is 0 Å². The molecular weight excluding hydrogens is 437 g/mol. The zero-order valence-corrected chi connectivity index (χ0v) is 18.3. The number of fused-ring (bicyclic) bond motifs is 1. The summed E-state index contributed by atoms with van der Waals surface area (Å²) in [7, 11) is -3.82. The van der Waals surface area contributed by atoms with Gasteiger partial charge in [-0.05, 0) is 49.4 Å². The molecule has 0 saturated heterocycles. The van der Waals surface area contributed by atoms with Crippen molar-refractivity contribution >= 4 is 21.6 Å². The topological polar surface area (TPSA) is 117 Å². The Kier molecular flexibility index (Phi) is 5.94. The van der Waals surface area contributed by atoms with Crippen LogP contribution in [-0.4, -0.2) is 48.7 Å². The molecule has 4 rings (SSSR count). The fraction of sp³-hybridized carbons (Fsp3) is 0.286. The molecule has 32 heavy (non-hydrogen) atoms. The van der Waals surface area contributed by atoms with Crippen molar-refractivity contribution in [3.63, 3.8) is 0 Å². The second-order valence-corrected chi connectivity index (χ2v) is 9.21. The van der Waals surface area contributed by atoms with Crippen molar-refractivity contribution in [2.45, 2.75) is 31.3 Å². The molecule has 1 atom stereocenters. The molecular formula is C21H22FN5O4S. The molecule has 0 unspecified atom stereocenters. The average molecular weight is 460 g/mol. The van der Waals surface area contributed by atoms with Crippen molar-refractivity contribution < 1.29 is 22.3 Å². The lowest BCUT2D eigenvalue weighted by Gasteiger charge is -2.33. The number of carbonyl (C=O) groups is 1. The number of hydrogen-bond acceptors (Lipinski definition) is 6. The summed E-state index contributed by atoms with van der Waals surface area (Å²) in [5.41, 5.74) is 1.08. The third-order valence-corrected chi connectivity index (χ3v) is 6.43. The van der Waals surface area contributed by atoms with Gasteiger partial charge in [-0.1, -0.05) is 0 Å². The second kappa shape index (κ2) is 8.67. The summed E-state index contributed by atoms with van der Waals surface area (Å²) in [4.78, 5) is 17.8. The first-order chi connectivity index (χ1) is 15.2. The molecule has 0 spiro atoms. The van der Waals surface area contributed by atoms with Gasteiger partial charge in [0.05, 0.1) is 17.1 Å². The van der Waals surface area contributed by atoms with Crippen molar-refractivity contribution in [3.8, 4) is 17.1 Å². The molecule has 11 heteroatoms. The van der Waals surface area contributed by atoms with E-state index in [0.29, 0.717) is 35.2 Å². The van der Waals surface area contributed by atoms with Crippen LogP contribution in [0.5, 0.6) is 5.75 Å². The van der Waals surface area contributed by atoms with Gasteiger partial charge >= 0.3 is 0 Å². The minimum Gasteiger partial charge on any atom is -0.487 e. The highest BCUT2D eigenvalue weighted by molar-refractivity contribution is 7.89. The Bertz CT molecular complexity index is 1240. The number of hydrogen-bond donors (Lipinski definition) is 2. The van der Waals surface area contributed by atoms with Gasteiger partial charge in [0.2, 0.25) is 15.9 Å². The number of halogens is 1. The fourth-order valence-electron chi connectivity index (χ4n) is 3.40. The third kappa shape index (κ3) is 4.63. The Morgan fingerprint density at radius 1 is 1.28 bits per heavy atom. The van der Waals surface area contributed by atoms with Gasteiger partial charge in [0.25, 0.3) is 0 Å². The van der Waals surface area contributed by atoms with Crippen LogP contribution >= 0.6 is 0 Å². The molecule has 168 valence electrons. The quantitative estimate of drug-likeness (QED) is 0.584. The monoisotopic (exact) mass is 459 g/mol. The van der Waals surface area contributed by atoms with Crippen molar-refractivity contribution in [3.05, 3.63) is 54.1 Å². The maximum Gasteiger partial charge on any atom is 0.240 e. The maximum atomic E-state index is 13.1. The van der Waals surface area contributed by atoms with Gasteiger partial charge in [-0.25, -0.2) is 22.5 Å². The molecule has 1 aliphatic heterocycles. The van der Waals surface area contributed by atoms with E-state index in [2.05, 4.69) is 19.9 Å². The number of nitrogens with one attached hydrogen (secondary N) is 2. The van der Waals surface area contributed by atoms with E-state index in [4.69, 9.17) is 4.74 Å². The number of ether oxygens (including phenoxy) is 1. The molecule has 9 nitrogen and oxygen atoms in total. The summed E-state index contributed by atoms with van der Waals surface area (Å²) in [6, 6.07) is 10.2. The van der Waals surface area contributed by atoms with Crippen LogP contribution in [0.25, 0.3) is 11.4 Å². The molecule has 2 heterocycles. The van der Waals surface area contributed by atoms with Crippen LogP contribution in [0.15, 0.2) is 47.4 Å². The van der Waals surface area contributed by atoms with Gasteiger partial charge in [-0.2, -0.15) is 5.10 Å². The van der Waals surface area contributed by atoms with Crippen LogP contribution in [0.2, 0.25) is 0 Å². The largest absolute Gasteiger partial charge is 0.487 e. The minimum absolute atomic E-state index is 0.0326. The average Bonchev–Trinajstić information content (AvgIpc) is 3.22. The number of amides is 1. The molecule has 0 saturated carbocycles. The number of H-pyrrole nitrogens is 1. The zero-order valence-electron chi connectivity index (χ0n) is 17.5. The number of sulfonamides is 1. The first-order valence-corrected chi connectivity index (χ1v) is 11.5. The number of nitrogens with zero attached hydrogens (tertiary/aromatic N) is 3. The van der Waals surface area contributed by atoms with Gasteiger partial charge in [-0.15, -0.1) is 0 Å². The second-order valence-electron chi connectivity index (χ2n) is 7.45. The van der Waals surface area contributed by atoms with E-state index in [1.807, 2.05) is 6.92 Å². The van der Waals surface area contributed by atoms with Gasteiger partial charge in [0, 0.05) is 25.5 Å². The molecule has 2 aromatic carbocycles. The molecule has 3 aromatic rings. The van der Waals surface area contributed by atoms with E-state index in [0.717, 1.165) is 0 Å². The van der Waals surface area contributed by atoms with Crippen molar-refractivity contribution in [2.24, 2.45) is 0 Å². The van der Waals surface area contributed by atoms with Crippen LogP contribution < -0.4 is 14.4 Å². The smallest absolute Gasteiger partial charge is 0.240 e. The normalized spacial score (nSPS) is 15.8. The summed E-state index contributed by atoms with van der Waals surface area (Å²) >= 11 is 0. The highest BCUT2D eigenvalue weighted by Crippen LogP contribution is 2.35. The van der Waals surface area contributed by atoms with E-state index in [-0.39, 0.29) is 35.7 Å². The van der Waals surface area contributed by atoms with E-state index in [1.54, 1.807) is 18.2 Å². The summed E-state index contributed by atoms with van der Waals surface area (Å²) in [5, 5.41) is 6.84. The Balaban J connectivity index is 1.44. The molecule has 1 aromatic heterocycles. The SMILES string of the molecule is CC(=O)N1C[C@H](C)Oc2ccc(S(=O)(=O)NCCc3nc(-c4ccc(F)cc4)n[nH]3)cc21. The fourth-order valence-corrected chi connectivity index (χ4v) is 4.46. The predicted molar refractivity (Wildman–Crippen MR) is 115 cm³/mol. The van der Waals surface area contributed by atoms with Gasteiger partial charge in [-0.3, -0.25) is 9.89 Å². The van der Waals surface area contributed by atoms with Crippen molar-refractivity contribution in [1.29, 1.82) is 0 Å². The Labute approximate surface area is 184 Å². The Morgan fingerprint density at radius 2 is 2.03 bits per heavy atom. The van der Waals surface area contributed by atoms with Crippen LogP contribution in [0.1, 0.15) is 19.7 Å². The van der Waals surface area contributed by atoms with E-state index in [1.165, 1.54) is 36.1 Å². The van der Waals surface area contributed by atoms with E-state index in [9.17, 15) is 17.6 Å². The first-order valence-electron chi connectivity index (χ1n) is 9.98. The van der Waals surface area contributed by atoms with Crippen molar-refractivity contribution in [1.82, 2.24) is 19.9 Å². The molecule has 0 fully saturated rings. The summed E-state index contributed by atoms with van der Waals surface area (Å²) in [5.74, 6) is 0.811. The lowest BCUT2D eigenvalue weighted by Crippen LogP contribution is -2.41. The Hall–Kier alpha value is -3.31. The van der Waals surface area contributed by atoms with Crippen molar-refractivity contribution in [2.75, 3.05) is 18.0 Å². The summed E-state index contributed by atoms with van der Waals surface area (Å²) in [6.45, 7) is 3.71. The predicted octanol–water partition coefficient (Wildman–Crippen LogP) is 2.27. The van der Waals surface area contributed by atoms with Crippen LogP contribution in [-0.2, 0) is 21.2 Å². The third-order valence-electron chi connectivity index (χ3n) is 4.97. The summed E-state index contributed by atoms with van der Waals surface area (Å²) < 4.78 is 46.8. The lowest BCUT2D eigenvalue weighted by molar-refractivity contribution is -0.117. The van der Waals surface area contributed by atoms with Gasteiger partial charge in [0.15, 0.2) is 5.82 Å². The van der Waals surface area contributed by atoms with E-state index < -0.39 is 10.0 Å². The number of carbonyl (C=O) groups excluding carboxylic acids is 1. The molecule has 1 amide bonds. The van der Waals surface area contributed by atoms with Gasteiger partial charge in [0.1, 0.15) is 23.5 Å². The highest BCUT2D eigenvalue weighted by Gasteiger charge is 2.27. The maximum absolute atomic E-state index is 13.1. The highest BCUT2D eigenvalue weighted by atomic mass is 32.2. The zero-order chi connectivity index (χ0) is 22.9. The minimum atomic E-state index is -3.82. The standard InChI is InChI=1S/C21H22FN5O4S/c1-13-12-27(14(2)28)18-11-17(7-8-19(18)31-13)32(29,30)23-10-9-20-24-21(26-25-20)15-3-5-16(22)6-4-15/h3-8,11,13,23H,9-10,12H2,1-2H3,(H,24,25,26)/t13-/m0/s1. The number of aromatic amines is 1.